The standard InChI is InChI=1S/C17H17Br2F3O3/c1-7-8(13(21)14(22)15(24-4)12(7)20)6-25-16(23)11-9(5-10(18)19)17(11,2)3/h5,9,11H,6H2,1-4H3/t9-,11-/m0/s1. The molecule has 0 heterocycles. The number of benzene rings is 1. The van der Waals surface area contributed by atoms with Gasteiger partial charge in [-0.2, -0.15) is 4.39 Å². The van der Waals surface area contributed by atoms with Gasteiger partial charge in [-0.25, -0.2) is 8.78 Å². The van der Waals surface area contributed by atoms with E-state index in [2.05, 4.69) is 36.6 Å². The summed E-state index contributed by atoms with van der Waals surface area (Å²) < 4.78 is 52.4. The number of rotatable bonds is 5. The number of hydrogen-bond donors (Lipinski definition) is 0. The van der Waals surface area contributed by atoms with Crippen LogP contribution < -0.4 is 4.74 Å². The molecule has 1 fully saturated rings. The van der Waals surface area contributed by atoms with Crippen LogP contribution in [-0.2, 0) is 16.1 Å². The molecule has 0 bridgehead atoms. The van der Waals surface area contributed by atoms with Crippen molar-refractivity contribution >= 4 is 37.8 Å². The number of methoxy groups -OCH3 is 1. The quantitative estimate of drug-likeness (QED) is 0.415. The average Bonchev–Trinajstić information content (AvgIpc) is 3.05. The van der Waals surface area contributed by atoms with Crippen molar-refractivity contribution in [3.63, 3.8) is 0 Å². The van der Waals surface area contributed by atoms with Gasteiger partial charge < -0.3 is 9.47 Å². The molecule has 1 aliphatic carbocycles. The summed E-state index contributed by atoms with van der Waals surface area (Å²) in [4.78, 5) is 12.3. The highest BCUT2D eigenvalue weighted by Gasteiger charge is 2.61. The molecule has 0 radical (unpaired) electrons. The second-order valence-corrected chi connectivity index (χ2v) is 9.24. The van der Waals surface area contributed by atoms with Crippen molar-refractivity contribution in [2.24, 2.45) is 17.3 Å². The number of carbonyl (C=O) groups is 1. The van der Waals surface area contributed by atoms with Crippen LogP contribution in [0.1, 0.15) is 25.0 Å². The number of halogens is 5. The molecule has 0 amide bonds. The zero-order valence-corrected chi connectivity index (χ0v) is 17.2. The molecule has 2 rings (SSSR count). The molecule has 0 saturated heterocycles. The van der Waals surface area contributed by atoms with Gasteiger partial charge in [0.05, 0.1) is 16.4 Å². The van der Waals surface area contributed by atoms with Crippen molar-refractivity contribution < 1.29 is 27.4 Å². The van der Waals surface area contributed by atoms with Gasteiger partial charge >= 0.3 is 5.97 Å². The fourth-order valence-corrected chi connectivity index (χ4v) is 3.52. The van der Waals surface area contributed by atoms with Gasteiger partial charge in [0.1, 0.15) is 6.61 Å². The summed E-state index contributed by atoms with van der Waals surface area (Å²) in [5, 5.41) is 0. The highest BCUT2D eigenvalue weighted by Crippen LogP contribution is 2.60. The summed E-state index contributed by atoms with van der Waals surface area (Å²) >= 11 is 6.50. The Morgan fingerprint density at radius 2 is 1.80 bits per heavy atom. The summed E-state index contributed by atoms with van der Waals surface area (Å²) in [6, 6.07) is 0. The van der Waals surface area contributed by atoms with Gasteiger partial charge in [0.25, 0.3) is 0 Å². The zero-order valence-electron chi connectivity index (χ0n) is 14.1. The molecule has 1 aliphatic rings. The van der Waals surface area contributed by atoms with E-state index in [0.717, 1.165) is 10.5 Å². The Kier molecular flexibility index (Phi) is 5.93. The molecule has 2 atom stereocenters. The first kappa shape index (κ1) is 20.3. The second kappa shape index (κ2) is 7.31. The molecule has 0 N–H and O–H groups in total. The first-order valence-corrected chi connectivity index (χ1v) is 9.02. The van der Waals surface area contributed by atoms with E-state index >= 15 is 0 Å². The molecule has 0 aliphatic heterocycles. The first-order chi connectivity index (χ1) is 11.5. The summed E-state index contributed by atoms with van der Waals surface area (Å²) in [7, 11) is 1.05. The summed E-state index contributed by atoms with van der Waals surface area (Å²) in [6.07, 6.45) is 1.84. The Balaban J connectivity index is 2.18. The maximum Gasteiger partial charge on any atom is 0.310 e. The van der Waals surface area contributed by atoms with Crippen molar-refractivity contribution in [2.45, 2.75) is 27.4 Å². The average molecular weight is 486 g/mol. The smallest absolute Gasteiger partial charge is 0.310 e. The second-order valence-electron chi connectivity index (χ2n) is 6.47. The Hall–Kier alpha value is -1.02. The van der Waals surface area contributed by atoms with Crippen LogP contribution in [0.5, 0.6) is 5.75 Å². The summed E-state index contributed by atoms with van der Waals surface area (Å²) in [5.41, 5.74) is -0.803. The fourth-order valence-electron chi connectivity index (χ4n) is 2.95. The Labute approximate surface area is 160 Å². The lowest BCUT2D eigenvalue weighted by molar-refractivity contribution is -0.147. The van der Waals surface area contributed by atoms with Crippen molar-refractivity contribution in [1.29, 1.82) is 0 Å². The maximum atomic E-state index is 14.1. The Morgan fingerprint density at radius 3 is 2.32 bits per heavy atom. The van der Waals surface area contributed by atoms with Crippen LogP contribution in [0.3, 0.4) is 0 Å². The van der Waals surface area contributed by atoms with Crippen LogP contribution in [0, 0.1) is 41.6 Å². The van der Waals surface area contributed by atoms with E-state index in [1.807, 2.05) is 19.9 Å². The Morgan fingerprint density at radius 1 is 1.20 bits per heavy atom. The molecule has 3 nitrogen and oxygen atoms in total. The lowest BCUT2D eigenvalue weighted by Crippen LogP contribution is -2.13. The molecule has 1 aromatic carbocycles. The molecule has 0 aromatic heterocycles. The lowest BCUT2D eigenvalue weighted by atomic mass is 10.1. The highest BCUT2D eigenvalue weighted by atomic mass is 79.9. The monoisotopic (exact) mass is 484 g/mol. The third-order valence-corrected chi connectivity index (χ3v) is 5.20. The zero-order chi connectivity index (χ0) is 19.1. The molecule has 0 unspecified atom stereocenters. The number of esters is 1. The van der Waals surface area contributed by atoms with Crippen LogP contribution in [0.25, 0.3) is 0 Å². The number of allylic oxidation sites excluding steroid dienone is 1. The minimum Gasteiger partial charge on any atom is -0.491 e. The third-order valence-electron chi connectivity index (χ3n) is 4.67. The third kappa shape index (κ3) is 3.74. The molecule has 1 aromatic rings. The largest absolute Gasteiger partial charge is 0.491 e. The number of ether oxygens (including phenoxy) is 2. The minimum absolute atomic E-state index is 0.0518. The van der Waals surface area contributed by atoms with Crippen molar-refractivity contribution in [3.05, 3.63) is 38.0 Å². The van der Waals surface area contributed by atoms with E-state index in [4.69, 9.17) is 4.74 Å². The molecular formula is C17H17Br2F3O3. The van der Waals surface area contributed by atoms with E-state index in [-0.39, 0.29) is 22.5 Å². The van der Waals surface area contributed by atoms with Gasteiger partial charge in [0, 0.05) is 5.56 Å². The van der Waals surface area contributed by atoms with Gasteiger partial charge in [-0.15, -0.1) is 0 Å². The SMILES string of the molecule is COc1c(F)c(C)c(COC(=O)[C@@H]2[C@H](C=C(Br)Br)C2(C)C)c(F)c1F. The topological polar surface area (TPSA) is 35.5 Å². The molecular weight excluding hydrogens is 469 g/mol. The normalized spacial score (nSPS) is 20.8. The predicted octanol–water partition coefficient (Wildman–Crippen LogP) is 5.37. The molecule has 1 saturated carbocycles. The minimum atomic E-state index is -1.44. The number of hydrogen-bond acceptors (Lipinski definition) is 3. The predicted molar refractivity (Wildman–Crippen MR) is 94.1 cm³/mol. The van der Waals surface area contributed by atoms with Gasteiger partial charge in [-0.3, -0.25) is 4.79 Å². The van der Waals surface area contributed by atoms with E-state index in [1.165, 1.54) is 6.92 Å². The summed E-state index contributed by atoms with van der Waals surface area (Å²) in [5.74, 6) is -5.52. The Bertz CT molecular complexity index is 714. The molecule has 8 heteroatoms. The fraction of sp³-hybridized carbons (Fsp3) is 0.471. The lowest BCUT2D eigenvalue weighted by Gasteiger charge is -2.13. The van der Waals surface area contributed by atoms with E-state index < -0.39 is 41.7 Å². The molecule has 138 valence electrons. The van der Waals surface area contributed by atoms with Gasteiger partial charge in [0.2, 0.25) is 5.82 Å². The van der Waals surface area contributed by atoms with E-state index in [1.54, 1.807) is 0 Å². The van der Waals surface area contributed by atoms with Crippen LogP contribution in [0.2, 0.25) is 0 Å². The van der Waals surface area contributed by atoms with Crippen molar-refractivity contribution in [3.8, 4) is 5.75 Å². The van der Waals surface area contributed by atoms with Crippen LogP contribution in [-0.4, -0.2) is 13.1 Å². The van der Waals surface area contributed by atoms with Crippen LogP contribution >= 0.6 is 31.9 Å². The highest BCUT2D eigenvalue weighted by molar-refractivity contribution is 9.28. The van der Waals surface area contributed by atoms with Gasteiger partial charge in [-0.1, -0.05) is 19.9 Å². The summed E-state index contributed by atoms with van der Waals surface area (Å²) in [6.45, 7) is 4.54. The van der Waals surface area contributed by atoms with Crippen LogP contribution in [0.15, 0.2) is 9.47 Å². The number of carbonyl (C=O) groups excluding carboxylic acids is 1. The molecule has 25 heavy (non-hydrogen) atoms. The van der Waals surface area contributed by atoms with E-state index in [9.17, 15) is 18.0 Å². The van der Waals surface area contributed by atoms with Crippen molar-refractivity contribution in [1.82, 2.24) is 0 Å². The van der Waals surface area contributed by atoms with Crippen LogP contribution in [0.4, 0.5) is 13.2 Å². The van der Waals surface area contributed by atoms with E-state index in [0.29, 0.717) is 0 Å². The van der Waals surface area contributed by atoms with Crippen molar-refractivity contribution in [2.75, 3.05) is 7.11 Å². The van der Waals surface area contributed by atoms with Gasteiger partial charge in [0.15, 0.2) is 17.4 Å². The first-order valence-electron chi connectivity index (χ1n) is 7.43. The molecule has 0 spiro atoms. The maximum absolute atomic E-state index is 14.1. The van der Waals surface area contributed by atoms with Gasteiger partial charge in [-0.05, 0) is 55.7 Å².